The number of hydrogen-bond donors (Lipinski definition) is 0. The minimum atomic E-state index is -0.123. The maximum absolute atomic E-state index is 13.4. The Labute approximate surface area is 176 Å². The largest absolute Gasteiger partial charge is 0.378 e. The Kier molecular flexibility index (Phi) is 5.28. The summed E-state index contributed by atoms with van der Waals surface area (Å²) in [6.45, 7) is 6.47. The molecule has 0 spiro atoms. The van der Waals surface area contributed by atoms with Crippen LogP contribution < -0.4 is 4.90 Å². The normalized spacial score (nSPS) is 16.2. The van der Waals surface area contributed by atoms with Gasteiger partial charge in [-0.15, -0.1) is 0 Å². The summed E-state index contributed by atoms with van der Waals surface area (Å²) < 4.78 is 5.60. The van der Waals surface area contributed by atoms with E-state index in [4.69, 9.17) is 9.51 Å². The monoisotopic (exact) mass is 405 g/mol. The highest BCUT2D eigenvalue weighted by atomic mass is 16.5. The summed E-state index contributed by atoms with van der Waals surface area (Å²) in [4.78, 5) is 26.5. The van der Waals surface area contributed by atoms with Crippen LogP contribution in [0.4, 0.5) is 5.69 Å². The average molecular weight is 406 g/mol. The van der Waals surface area contributed by atoms with Crippen LogP contribution in [0.1, 0.15) is 52.0 Å². The number of hydrogen-bond acceptors (Lipinski definition) is 6. The first-order chi connectivity index (χ1) is 14.4. The maximum atomic E-state index is 13.4. The van der Waals surface area contributed by atoms with E-state index in [1.165, 1.54) is 0 Å². The number of anilines is 1. The van der Waals surface area contributed by atoms with Crippen LogP contribution in [0.5, 0.6) is 0 Å². The Bertz CT molecular complexity index is 1090. The number of benzene rings is 1. The minimum Gasteiger partial charge on any atom is -0.378 e. The van der Waals surface area contributed by atoms with E-state index >= 15 is 0 Å². The van der Waals surface area contributed by atoms with E-state index in [0.29, 0.717) is 23.7 Å². The fourth-order valence-corrected chi connectivity index (χ4v) is 3.96. The average Bonchev–Trinajstić information content (AvgIpc) is 3.35. The van der Waals surface area contributed by atoms with Gasteiger partial charge in [-0.2, -0.15) is 0 Å². The molecule has 0 unspecified atom stereocenters. The first kappa shape index (κ1) is 20.1. The maximum Gasteiger partial charge on any atom is 0.254 e. The third-order valence-corrected chi connectivity index (χ3v) is 5.78. The molecule has 7 heteroatoms. The molecule has 0 bridgehead atoms. The van der Waals surface area contributed by atoms with E-state index in [1.54, 1.807) is 6.20 Å². The summed E-state index contributed by atoms with van der Waals surface area (Å²) >= 11 is 0. The zero-order valence-corrected chi connectivity index (χ0v) is 18.1. The Hall–Kier alpha value is -3.22. The highest BCUT2D eigenvalue weighted by Gasteiger charge is 2.34. The smallest absolute Gasteiger partial charge is 0.254 e. The van der Waals surface area contributed by atoms with Crippen molar-refractivity contribution >= 4 is 11.6 Å². The van der Waals surface area contributed by atoms with Gasteiger partial charge in [0.05, 0.1) is 23.0 Å². The van der Waals surface area contributed by atoms with Gasteiger partial charge in [-0.25, -0.2) is 9.97 Å². The van der Waals surface area contributed by atoms with Gasteiger partial charge in [0.1, 0.15) is 5.82 Å². The molecule has 1 aromatic carbocycles. The fourth-order valence-electron chi connectivity index (χ4n) is 3.96. The molecule has 3 heterocycles. The molecule has 7 nitrogen and oxygen atoms in total. The van der Waals surface area contributed by atoms with Crippen LogP contribution in [0.3, 0.4) is 0 Å². The van der Waals surface area contributed by atoms with Gasteiger partial charge >= 0.3 is 0 Å². The number of carbonyl (C=O) groups excluding carboxylic acids is 1. The first-order valence-electron chi connectivity index (χ1n) is 10.2. The van der Waals surface area contributed by atoms with Crippen LogP contribution in [-0.4, -0.2) is 46.6 Å². The van der Waals surface area contributed by atoms with Crippen LogP contribution in [0, 0.1) is 20.8 Å². The topological polar surface area (TPSA) is 75.4 Å². The van der Waals surface area contributed by atoms with E-state index in [9.17, 15) is 4.79 Å². The molecule has 1 amide bonds. The molecule has 0 saturated carbocycles. The van der Waals surface area contributed by atoms with Gasteiger partial charge < -0.3 is 14.3 Å². The van der Waals surface area contributed by atoms with Crippen molar-refractivity contribution in [2.24, 2.45) is 0 Å². The number of rotatable bonds is 4. The second-order valence-corrected chi connectivity index (χ2v) is 8.04. The molecule has 1 aliphatic heterocycles. The lowest BCUT2D eigenvalue weighted by atomic mass is 10.0. The second kappa shape index (κ2) is 7.89. The molecule has 0 N–H and O–H groups in total. The predicted octanol–water partition coefficient (Wildman–Crippen LogP) is 4.10. The third-order valence-electron chi connectivity index (χ3n) is 5.78. The van der Waals surface area contributed by atoms with Crippen molar-refractivity contribution in [3.8, 4) is 11.3 Å². The van der Waals surface area contributed by atoms with Crippen molar-refractivity contribution in [1.29, 1.82) is 0 Å². The van der Waals surface area contributed by atoms with Crippen LogP contribution >= 0.6 is 0 Å². The number of aryl methyl sites for hydroxylation is 2. The Morgan fingerprint density at radius 3 is 2.73 bits per heavy atom. The quantitative estimate of drug-likeness (QED) is 0.650. The van der Waals surface area contributed by atoms with Gasteiger partial charge in [-0.3, -0.25) is 4.79 Å². The summed E-state index contributed by atoms with van der Waals surface area (Å²) in [5.41, 5.74) is 5.14. The van der Waals surface area contributed by atoms with Crippen LogP contribution in [0.15, 0.2) is 35.0 Å². The zero-order valence-electron chi connectivity index (χ0n) is 18.1. The lowest BCUT2D eigenvalue weighted by Gasteiger charge is -2.26. The van der Waals surface area contributed by atoms with E-state index in [2.05, 4.69) is 10.1 Å². The summed E-state index contributed by atoms with van der Waals surface area (Å²) in [5, 5.41) is 4.09. The molecular formula is C23H27N5O2. The van der Waals surface area contributed by atoms with Crippen LogP contribution in [-0.2, 0) is 0 Å². The van der Waals surface area contributed by atoms with Gasteiger partial charge in [-0.05, 0) is 51.8 Å². The minimum absolute atomic E-state index is 0.0221. The highest BCUT2D eigenvalue weighted by molar-refractivity contribution is 5.95. The molecule has 1 aliphatic rings. The van der Waals surface area contributed by atoms with Crippen LogP contribution in [0.2, 0.25) is 0 Å². The Balaban J connectivity index is 1.74. The summed E-state index contributed by atoms with van der Waals surface area (Å²) in [7, 11) is 3.94. The van der Waals surface area contributed by atoms with E-state index in [1.807, 2.05) is 68.9 Å². The second-order valence-electron chi connectivity index (χ2n) is 8.04. The van der Waals surface area contributed by atoms with Gasteiger partial charge in [0, 0.05) is 43.7 Å². The molecule has 156 valence electrons. The van der Waals surface area contributed by atoms with Crippen molar-refractivity contribution in [2.45, 2.75) is 39.7 Å². The van der Waals surface area contributed by atoms with Gasteiger partial charge in [0.2, 0.25) is 0 Å². The number of amides is 1. The lowest BCUT2D eigenvalue weighted by Crippen LogP contribution is -2.31. The summed E-state index contributed by atoms with van der Waals surface area (Å²) in [6, 6.07) is 7.62. The molecule has 0 radical (unpaired) electrons. The van der Waals surface area contributed by atoms with Crippen molar-refractivity contribution in [3.63, 3.8) is 0 Å². The van der Waals surface area contributed by atoms with E-state index in [0.717, 1.165) is 41.0 Å². The number of nitrogens with zero attached hydrogens (tertiary/aromatic N) is 5. The lowest BCUT2D eigenvalue weighted by molar-refractivity contribution is 0.0733. The van der Waals surface area contributed by atoms with Gasteiger partial charge in [0.25, 0.3) is 5.91 Å². The molecule has 3 aromatic rings. The number of likely N-dealkylation sites (tertiary alicyclic amines) is 1. The van der Waals surface area contributed by atoms with Crippen molar-refractivity contribution < 1.29 is 9.32 Å². The Morgan fingerprint density at radius 2 is 2.03 bits per heavy atom. The van der Waals surface area contributed by atoms with Crippen molar-refractivity contribution in [3.05, 3.63) is 58.8 Å². The summed E-state index contributed by atoms with van der Waals surface area (Å²) in [6.07, 6.45) is 3.58. The SMILES string of the molecule is Cc1ncc(-c2onc(C)c2C)c([C@H]2CCCN2C(=O)c2cccc(N(C)C)c2)n1. The Morgan fingerprint density at radius 1 is 1.23 bits per heavy atom. The van der Waals surface area contributed by atoms with E-state index < -0.39 is 0 Å². The van der Waals surface area contributed by atoms with Gasteiger partial charge in [0.15, 0.2) is 5.76 Å². The van der Waals surface area contributed by atoms with E-state index in [-0.39, 0.29) is 11.9 Å². The van der Waals surface area contributed by atoms with Crippen molar-refractivity contribution in [1.82, 2.24) is 20.0 Å². The van der Waals surface area contributed by atoms with Gasteiger partial charge in [-0.1, -0.05) is 11.2 Å². The molecule has 1 atom stereocenters. The molecule has 1 saturated heterocycles. The zero-order chi connectivity index (χ0) is 21.4. The first-order valence-corrected chi connectivity index (χ1v) is 10.2. The predicted molar refractivity (Wildman–Crippen MR) is 116 cm³/mol. The fraction of sp³-hybridized carbons (Fsp3) is 0.391. The highest BCUT2D eigenvalue weighted by Crippen LogP contribution is 2.38. The number of carbonyl (C=O) groups is 1. The third kappa shape index (κ3) is 3.56. The molecule has 4 rings (SSSR count). The molecule has 1 fully saturated rings. The molecular weight excluding hydrogens is 378 g/mol. The number of aromatic nitrogens is 3. The standard InChI is InChI=1S/C23H27N5O2/c1-14-15(2)26-30-22(14)19-13-24-16(3)25-21(19)20-10-7-11-28(20)23(29)17-8-6-9-18(12-17)27(4)5/h6,8-9,12-13,20H,7,10-11H2,1-5H3/t20-/m1/s1. The van der Waals surface area contributed by atoms with Crippen LogP contribution in [0.25, 0.3) is 11.3 Å². The molecule has 2 aromatic heterocycles. The molecule has 30 heavy (non-hydrogen) atoms. The van der Waals surface area contributed by atoms with Crippen molar-refractivity contribution in [2.75, 3.05) is 25.5 Å². The summed E-state index contributed by atoms with van der Waals surface area (Å²) in [5.74, 6) is 1.38. The molecule has 0 aliphatic carbocycles.